The van der Waals surface area contributed by atoms with Crippen LogP contribution in [0.3, 0.4) is 0 Å². The number of hydrogen-bond acceptors (Lipinski definition) is 4. The summed E-state index contributed by atoms with van der Waals surface area (Å²) < 4.78 is 2.32. The summed E-state index contributed by atoms with van der Waals surface area (Å²) in [5, 5.41) is 13.0. The van der Waals surface area contributed by atoms with Crippen molar-refractivity contribution < 1.29 is 4.79 Å². The number of amides is 1. The van der Waals surface area contributed by atoms with Crippen molar-refractivity contribution in [2.45, 2.75) is 101 Å². The van der Waals surface area contributed by atoms with Gasteiger partial charge in [-0.1, -0.05) is 76.1 Å². The van der Waals surface area contributed by atoms with E-state index in [9.17, 15) is 4.79 Å². The van der Waals surface area contributed by atoms with Crippen LogP contribution in [0.1, 0.15) is 84.2 Å². The average molecular weight is 427 g/mol. The Morgan fingerprint density at radius 1 is 1.07 bits per heavy atom. The molecule has 5 nitrogen and oxygen atoms in total. The first-order valence-electron chi connectivity index (χ1n) is 11.4. The Morgan fingerprint density at radius 2 is 1.73 bits per heavy atom. The van der Waals surface area contributed by atoms with E-state index in [4.69, 9.17) is 0 Å². The minimum absolute atomic E-state index is 0.108. The lowest BCUT2D eigenvalue weighted by molar-refractivity contribution is -0.120. The SMILES string of the molecule is CC(Sc1nnc(-c2ccc(C(C)(C)C)cc2)n1C1CCCCC1)C(=O)NC1CC1. The molecular formula is C24H34N4OS. The molecule has 0 aliphatic heterocycles. The monoisotopic (exact) mass is 426 g/mol. The predicted molar refractivity (Wildman–Crippen MR) is 123 cm³/mol. The summed E-state index contributed by atoms with van der Waals surface area (Å²) in [6.45, 7) is 8.67. The largest absolute Gasteiger partial charge is 0.352 e. The first kappa shape index (κ1) is 21.4. The molecule has 0 radical (unpaired) electrons. The van der Waals surface area contributed by atoms with Crippen LogP contribution in [0.2, 0.25) is 0 Å². The summed E-state index contributed by atoms with van der Waals surface area (Å²) in [7, 11) is 0. The number of benzene rings is 1. The van der Waals surface area contributed by atoms with Gasteiger partial charge in [-0.15, -0.1) is 10.2 Å². The quantitative estimate of drug-likeness (QED) is 0.619. The van der Waals surface area contributed by atoms with E-state index in [0.29, 0.717) is 12.1 Å². The van der Waals surface area contributed by atoms with E-state index in [2.05, 4.69) is 65.1 Å². The molecule has 0 bridgehead atoms. The van der Waals surface area contributed by atoms with Crippen LogP contribution in [-0.2, 0) is 10.2 Å². The zero-order chi connectivity index (χ0) is 21.3. The van der Waals surface area contributed by atoms with Gasteiger partial charge in [0.2, 0.25) is 5.91 Å². The number of carbonyl (C=O) groups excluding carboxylic acids is 1. The van der Waals surface area contributed by atoms with Crippen LogP contribution < -0.4 is 5.32 Å². The highest BCUT2D eigenvalue weighted by molar-refractivity contribution is 8.00. The van der Waals surface area contributed by atoms with E-state index in [-0.39, 0.29) is 16.6 Å². The van der Waals surface area contributed by atoms with Crippen molar-refractivity contribution >= 4 is 17.7 Å². The Labute approximate surface area is 184 Å². The zero-order valence-electron chi connectivity index (χ0n) is 18.6. The summed E-state index contributed by atoms with van der Waals surface area (Å²) >= 11 is 1.54. The van der Waals surface area contributed by atoms with Gasteiger partial charge in [0.25, 0.3) is 0 Å². The third kappa shape index (κ3) is 4.90. The molecule has 2 aliphatic rings. The molecule has 0 spiro atoms. The molecule has 1 N–H and O–H groups in total. The number of carbonyl (C=O) groups is 1. The Hall–Kier alpha value is -1.82. The van der Waals surface area contributed by atoms with E-state index in [1.165, 1.54) is 24.8 Å². The Bertz CT molecular complexity index is 874. The van der Waals surface area contributed by atoms with Gasteiger partial charge in [0.1, 0.15) is 0 Å². The van der Waals surface area contributed by atoms with Crippen LogP contribution in [0, 0.1) is 0 Å². The minimum Gasteiger partial charge on any atom is -0.352 e. The van der Waals surface area contributed by atoms with Crippen LogP contribution in [0.25, 0.3) is 11.4 Å². The normalized spacial score (nSPS) is 18.9. The predicted octanol–water partition coefficient (Wildman–Crippen LogP) is 5.51. The standard InChI is InChI=1S/C24H34N4OS/c1-16(22(29)25-19-14-15-19)30-23-27-26-21(28(23)20-8-6-5-7-9-20)17-10-12-18(13-11-17)24(2,3)4/h10-13,16,19-20H,5-9,14-15H2,1-4H3,(H,25,29). The molecule has 30 heavy (non-hydrogen) atoms. The van der Waals surface area contributed by atoms with Crippen molar-refractivity contribution in [1.29, 1.82) is 0 Å². The van der Waals surface area contributed by atoms with Gasteiger partial charge in [-0.05, 0) is 43.6 Å². The van der Waals surface area contributed by atoms with Gasteiger partial charge in [-0.3, -0.25) is 9.36 Å². The maximum atomic E-state index is 12.5. The molecule has 1 aromatic heterocycles. The number of rotatable bonds is 6. The number of hydrogen-bond donors (Lipinski definition) is 1. The first-order valence-corrected chi connectivity index (χ1v) is 12.2. The van der Waals surface area contributed by atoms with Crippen molar-refractivity contribution in [3.8, 4) is 11.4 Å². The highest BCUT2D eigenvalue weighted by Gasteiger charge is 2.29. The maximum absolute atomic E-state index is 12.5. The fourth-order valence-corrected chi connectivity index (χ4v) is 5.03. The Balaban J connectivity index is 1.62. The van der Waals surface area contributed by atoms with Crippen molar-refractivity contribution in [3.63, 3.8) is 0 Å². The summed E-state index contributed by atoms with van der Waals surface area (Å²) in [6, 6.07) is 9.53. The molecule has 2 fully saturated rings. The van der Waals surface area contributed by atoms with Crippen LogP contribution in [0.5, 0.6) is 0 Å². The molecule has 4 rings (SSSR count). The molecule has 2 aliphatic carbocycles. The third-order valence-electron chi connectivity index (χ3n) is 6.19. The van der Waals surface area contributed by atoms with Gasteiger partial charge in [0.15, 0.2) is 11.0 Å². The second-order valence-electron chi connectivity index (χ2n) is 9.84. The lowest BCUT2D eigenvalue weighted by Crippen LogP contribution is -2.32. The second kappa shape index (κ2) is 8.74. The zero-order valence-corrected chi connectivity index (χ0v) is 19.5. The van der Waals surface area contributed by atoms with Crippen LogP contribution in [0.4, 0.5) is 0 Å². The lowest BCUT2D eigenvalue weighted by atomic mass is 9.86. The summed E-state index contributed by atoms with van der Waals surface area (Å²) in [6.07, 6.45) is 8.31. The van der Waals surface area contributed by atoms with Gasteiger partial charge < -0.3 is 5.32 Å². The lowest BCUT2D eigenvalue weighted by Gasteiger charge is -2.26. The van der Waals surface area contributed by atoms with Crippen LogP contribution >= 0.6 is 11.8 Å². The van der Waals surface area contributed by atoms with E-state index < -0.39 is 0 Å². The number of aromatic nitrogens is 3. The number of nitrogens with one attached hydrogen (secondary N) is 1. The molecule has 2 aromatic rings. The summed E-state index contributed by atoms with van der Waals surface area (Å²) in [5.41, 5.74) is 2.54. The van der Waals surface area contributed by atoms with E-state index in [1.807, 2.05) is 6.92 Å². The first-order chi connectivity index (χ1) is 14.3. The van der Waals surface area contributed by atoms with Crippen molar-refractivity contribution in [2.24, 2.45) is 0 Å². The van der Waals surface area contributed by atoms with Crippen LogP contribution in [0.15, 0.2) is 29.4 Å². The number of nitrogens with zero attached hydrogens (tertiary/aromatic N) is 3. The smallest absolute Gasteiger partial charge is 0.233 e. The fourth-order valence-electron chi connectivity index (χ4n) is 4.10. The van der Waals surface area contributed by atoms with E-state index in [1.54, 1.807) is 11.8 Å². The molecule has 1 heterocycles. The Morgan fingerprint density at radius 3 is 2.33 bits per heavy atom. The highest BCUT2D eigenvalue weighted by Crippen LogP contribution is 2.37. The molecule has 0 saturated heterocycles. The topological polar surface area (TPSA) is 59.8 Å². The average Bonchev–Trinajstić information content (AvgIpc) is 3.45. The minimum atomic E-state index is -0.173. The van der Waals surface area contributed by atoms with Crippen molar-refractivity contribution in [1.82, 2.24) is 20.1 Å². The Kier molecular flexibility index (Phi) is 6.24. The van der Waals surface area contributed by atoms with Crippen molar-refractivity contribution in [3.05, 3.63) is 29.8 Å². The third-order valence-corrected chi connectivity index (χ3v) is 7.25. The molecular weight excluding hydrogens is 392 g/mol. The fraction of sp³-hybridized carbons (Fsp3) is 0.625. The van der Waals surface area contributed by atoms with Gasteiger partial charge in [-0.25, -0.2) is 0 Å². The molecule has 162 valence electrons. The van der Waals surface area contributed by atoms with E-state index >= 15 is 0 Å². The molecule has 1 aromatic carbocycles. The van der Waals surface area contributed by atoms with Gasteiger partial charge >= 0.3 is 0 Å². The molecule has 1 amide bonds. The second-order valence-corrected chi connectivity index (χ2v) is 11.1. The van der Waals surface area contributed by atoms with Gasteiger partial charge in [-0.2, -0.15) is 0 Å². The van der Waals surface area contributed by atoms with E-state index in [0.717, 1.165) is 42.2 Å². The van der Waals surface area contributed by atoms with Crippen molar-refractivity contribution in [2.75, 3.05) is 0 Å². The van der Waals surface area contributed by atoms with Gasteiger partial charge in [0, 0.05) is 17.6 Å². The van der Waals surface area contributed by atoms with Gasteiger partial charge in [0.05, 0.1) is 5.25 Å². The molecule has 1 unspecified atom stereocenters. The number of thioether (sulfide) groups is 1. The molecule has 2 saturated carbocycles. The summed E-state index contributed by atoms with van der Waals surface area (Å²) in [5.74, 6) is 1.04. The highest BCUT2D eigenvalue weighted by atomic mass is 32.2. The molecule has 6 heteroatoms. The maximum Gasteiger partial charge on any atom is 0.233 e. The summed E-state index contributed by atoms with van der Waals surface area (Å²) in [4.78, 5) is 12.5. The molecule has 1 atom stereocenters. The van der Waals surface area contributed by atoms with Crippen LogP contribution in [-0.4, -0.2) is 32.0 Å².